The van der Waals surface area contributed by atoms with Gasteiger partial charge in [-0.15, -0.1) is 13.2 Å². The van der Waals surface area contributed by atoms with Crippen LogP contribution in [0.15, 0.2) is 55.6 Å². The third-order valence-corrected chi connectivity index (χ3v) is 10.4. The van der Waals surface area contributed by atoms with E-state index in [-0.39, 0.29) is 54.8 Å². The van der Waals surface area contributed by atoms with Gasteiger partial charge in [0.1, 0.15) is 17.7 Å². The standard InChI is InChI=1S/C36H50BrN3O8/c1-6-8-17-27(42)38-26(22-46-5)30(24-15-11-9-12-16-24)47-35(45)28-29-33(43)40(19-13-10-14-20-41)32(34(44)39(18-7-2)23(3)4)36(29)21-25(37)31(28)48-36/h6-7,9,11-12,15-16,23,25-26,28-32,41H,1-2,8,10,13-14,17-22H2,3-5H3,(H,38,42)/t25?,26-,28+,29-,30-,31+,32+,36-/m1/s1. The monoisotopic (exact) mass is 731 g/mol. The number of hydrogen-bond acceptors (Lipinski definition) is 8. The summed E-state index contributed by atoms with van der Waals surface area (Å²) in [5.74, 6) is -3.37. The maximum absolute atomic E-state index is 14.5. The predicted octanol–water partition coefficient (Wildman–Crippen LogP) is 3.70. The van der Waals surface area contributed by atoms with Crippen molar-refractivity contribution < 1.29 is 38.5 Å². The van der Waals surface area contributed by atoms with Gasteiger partial charge in [0.05, 0.1) is 30.6 Å². The number of unbranched alkanes of at least 4 members (excludes halogenated alkanes) is 2. The van der Waals surface area contributed by atoms with Crippen molar-refractivity contribution in [1.82, 2.24) is 15.1 Å². The van der Waals surface area contributed by atoms with Crippen LogP contribution in [0.5, 0.6) is 0 Å². The lowest BCUT2D eigenvalue weighted by molar-refractivity contribution is -0.163. The highest BCUT2D eigenvalue weighted by Crippen LogP contribution is 2.60. The molecule has 3 amide bonds. The van der Waals surface area contributed by atoms with Crippen LogP contribution in [0, 0.1) is 11.8 Å². The van der Waals surface area contributed by atoms with Gasteiger partial charge in [0, 0.05) is 44.1 Å². The van der Waals surface area contributed by atoms with E-state index in [1.54, 1.807) is 22.0 Å². The van der Waals surface area contributed by atoms with Crippen molar-refractivity contribution in [2.45, 2.75) is 93.1 Å². The summed E-state index contributed by atoms with van der Waals surface area (Å²) in [5.41, 5.74) is -0.589. The number of methoxy groups -OCH3 is 1. The van der Waals surface area contributed by atoms with Crippen LogP contribution in [-0.4, -0.2) is 107 Å². The maximum Gasteiger partial charge on any atom is 0.313 e. The summed E-state index contributed by atoms with van der Waals surface area (Å²) in [7, 11) is 1.51. The molecule has 3 heterocycles. The molecule has 2 bridgehead atoms. The van der Waals surface area contributed by atoms with E-state index in [4.69, 9.17) is 14.2 Å². The zero-order valence-corrected chi connectivity index (χ0v) is 29.8. The summed E-state index contributed by atoms with van der Waals surface area (Å²) < 4.78 is 18.4. The molecule has 11 nitrogen and oxygen atoms in total. The summed E-state index contributed by atoms with van der Waals surface area (Å²) in [5, 5.41) is 12.3. The number of rotatable bonds is 19. The molecule has 12 heteroatoms. The molecule has 0 radical (unpaired) electrons. The number of ether oxygens (including phenoxy) is 3. The van der Waals surface area contributed by atoms with E-state index < -0.39 is 47.7 Å². The Morgan fingerprint density at radius 1 is 1.19 bits per heavy atom. The van der Waals surface area contributed by atoms with Gasteiger partial charge in [-0.3, -0.25) is 19.2 Å². The third kappa shape index (κ3) is 7.72. The maximum atomic E-state index is 14.5. The Labute approximate surface area is 292 Å². The van der Waals surface area contributed by atoms with Gasteiger partial charge in [0.2, 0.25) is 17.7 Å². The number of carbonyl (C=O) groups is 4. The van der Waals surface area contributed by atoms with E-state index in [0.29, 0.717) is 44.2 Å². The number of fused-ring (bicyclic) bond motifs is 1. The van der Waals surface area contributed by atoms with Crippen molar-refractivity contribution in [3.8, 4) is 0 Å². The summed E-state index contributed by atoms with van der Waals surface area (Å²) >= 11 is 3.73. The number of carbonyl (C=O) groups excluding carboxylic acids is 4. The van der Waals surface area contributed by atoms with E-state index in [9.17, 15) is 24.3 Å². The summed E-state index contributed by atoms with van der Waals surface area (Å²) in [6.07, 6.45) is 4.59. The number of halogens is 1. The average molecular weight is 733 g/mol. The minimum absolute atomic E-state index is 0.0364. The van der Waals surface area contributed by atoms with E-state index in [1.165, 1.54) is 7.11 Å². The minimum Gasteiger partial charge on any atom is -0.455 e. The van der Waals surface area contributed by atoms with E-state index in [1.807, 2.05) is 44.2 Å². The summed E-state index contributed by atoms with van der Waals surface area (Å²) in [6, 6.07) is 7.28. The Hall–Kier alpha value is -3.06. The molecule has 48 heavy (non-hydrogen) atoms. The topological polar surface area (TPSA) is 135 Å². The first kappa shape index (κ1) is 37.8. The lowest BCUT2D eigenvalue weighted by Gasteiger charge is -2.38. The number of alkyl halides is 1. The number of aliphatic hydroxyl groups excluding tert-OH is 1. The highest BCUT2D eigenvalue weighted by Gasteiger charge is 2.77. The Morgan fingerprint density at radius 3 is 2.54 bits per heavy atom. The van der Waals surface area contributed by atoms with E-state index >= 15 is 0 Å². The van der Waals surface area contributed by atoms with Crippen LogP contribution in [0.25, 0.3) is 0 Å². The Morgan fingerprint density at radius 2 is 1.92 bits per heavy atom. The highest BCUT2D eigenvalue weighted by molar-refractivity contribution is 9.09. The first-order chi connectivity index (χ1) is 23.1. The van der Waals surface area contributed by atoms with Gasteiger partial charge in [0.25, 0.3) is 0 Å². The first-order valence-corrected chi connectivity index (χ1v) is 17.8. The molecule has 264 valence electrons. The molecule has 0 saturated carbocycles. The molecule has 3 fully saturated rings. The largest absolute Gasteiger partial charge is 0.455 e. The average Bonchev–Trinajstić information content (AvgIpc) is 3.66. The van der Waals surface area contributed by atoms with Crippen molar-refractivity contribution in [1.29, 1.82) is 0 Å². The fraction of sp³-hybridized carbons (Fsp3) is 0.611. The van der Waals surface area contributed by atoms with Crippen LogP contribution in [0.4, 0.5) is 0 Å². The van der Waals surface area contributed by atoms with Crippen LogP contribution in [-0.2, 0) is 33.4 Å². The van der Waals surface area contributed by atoms with Crippen LogP contribution < -0.4 is 5.32 Å². The van der Waals surface area contributed by atoms with Crippen molar-refractivity contribution in [2.75, 3.05) is 33.4 Å². The molecule has 1 aromatic carbocycles. The molecular formula is C36H50BrN3O8. The Bertz CT molecular complexity index is 1310. The zero-order chi connectivity index (χ0) is 35.0. The fourth-order valence-electron chi connectivity index (χ4n) is 7.47. The van der Waals surface area contributed by atoms with Crippen molar-refractivity contribution in [3.05, 3.63) is 61.2 Å². The number of allylic oxidation sites excluding steroid dienone is 1. The minimum atomic E-state index is -1.24. The Balaban J connectivity index is 1.71. The molecular weight excluding hydrogens is 682 g/mol. The first-order valence-electron chi connectivity index (χ1n) is 16.8. The predicted molar refractivity (Wildman–Crippen MR) is 184 cm³/mol. The lowest BCUT2D eigenvalue weighted by Crippen LogP contribution is -2.58. The number of hydrogen-bond donors (Lipinski definition) is 2. The van der Waals surface area contributed by atoms with Gasteiger partial charge in [-0.05, 0) is 51.5 Å². The molecule has 1 spiro atoms. The van der Waals surface area contributed by atoms with Crippen LogP contribution in [0.2, 0.25) is 0 Å². The van der Waals surface area contributed by atoms with E-state index in [2.05, 4.69) is 34.4 Å². The highest BCUT2D eigenvalue weighted by atomic mass is 79.9. The smallest absolute Gasteiger partial charge is 0.313 e. The molecule has 3 aliphatic rings. The van der Waals surface area contributed by atoms with Crippen LogP contribution in [0.3, 0.4) is 0 Å². The molecule has 0 aliphatic carbocycles. The number of benzene rings is 1. The van der Waals surface area contributed by atoms with Crippen LogP contribution in [0.1, 0.15) is 64.0 Å². The van der Waals surface area contributed by atoms with Gasteiger partial charge in [-0.1, -0.05) is 58.4 Å². The summed E-state index contributed by atoms with van der Waals surface area (Å²) in [4.78, 5) is 59.1. The molecule has 8 atom stereocenters. The second kappa shape index (κ2) is 17.0. The fourth-order valence-corrected chi connectivity index (χ4v) is 8.41. The number of esters is 1. The molecule has 1 unspecified atom stereocenters. The number of amides is 3. The lowest BCUT2D eigenvalue weighted by atomic mass is 9.70. The SMILES string of the molecule is C=CCCC(=O)N[C@H](COC)[C@H](OC(=O)[C@@H]1[C@H]2O[C@@]3(CC2Br)[C@H](C(=O)N(CC=C)C(C)C)N(CCCCCO)C(=O)[C@@H]13)c1ccccc1. The van der Waals surface area contributed by atoms with Crippen molar-refractivity contribution in [2.24, 2.45) is 11.8 Å². The van der Waals surface area contributed by atoms with Crippen LogP contribution >= 0.6 is 15.9 Å². The molecule has 1 aromatic rings. The number of aliphatic hydroxyl groups is 1. The van der Waals surface area contributed by atoms with Gasteiger partial charge in [0.15, 0.2) is 0 Å². The van der Waals surface area contributed by atoms with Crippen molar-refractivity contribution >= 4 is 39.6 Å². The van der Waals surface area contributed by atoms with Crippen molar-refractivity contribution in [3.63, 3.8) is 0 Å². The number of nitrogens with one attached hydrogen (secondary N) is 1. The second-order valence-electron chi connectivity index (χ2n) is 13.1. The molecule has 3 saturated heterocycles. The van der Waals surface area contributed by atoms with Gasteiger partial charge in [-0.2, -0.15) is 0 Å². The molecule has 2 N–H and O–H groups in total. The van der Waals surface area contributed by atoms with E-state index in [0.717, 1.165) is 0 Å². The van der Waals surface area contributed by atoms with Gasteiger partial charge >= 0.3 is 5.97 Å². The molecule has 4 rings (SSSR count). The summed E-state index contributed by atoms with van der Waals surface area (Å²) in [6.45, 7) is 12.0. The normalized spacial score (nSPS) is 27.0. The third-order valence-electron chi connectivity index (χ3n) is 9.59. The number of nitrogens with zero attached hydrogens (tertiary/aromatic N) is 2. The quantitative estimate of drug-likeness (QED) is 0.0953. The Kier molecular flexibility index (Phi) is 13.4. The molecule has 3 aliphatic heterocycles. The zero-order valence-electron chi connectivity index (χ0n) is 28.2. The van der Waals surface area contributed by atoms with Gasteiger partial charge in [-0.25, -0.2) is 0 Å². The number of likely N-dealkylation sites (tertiary alicyclic amines) is 1. The molecule has 0 aromatic heterocycles. The van der Waals surface area contributed by atoms with Gasteiger partial charge < -0.3 is 34.4 Å². The second-order valence-corrected chi connectivity index (χ2v) is 14.3.